The van der Waals surface area contributed by atoms with Gasteiger partial charge >= 0.3 is 0 Å². The molecule has 1 N–H and O–H groups in total. The second kappa shape index (κ2) is 5.75. The van der Waals surface area contributed by atoms with E-state index in [0.717, 1.165) is 29.3 Å². The van der Waals surface area contributed by atoms with Crippen molar-refractivity contribution in [1.29, 1.82) is 0 Å². The molecule has 2 aromatic heterocycles. The summed E-state index contributed by atoms with van der Waals surface area (Å²) in [4.78, 5) is 11.1. The predicted molar refractivity (Wildman–Crippen MR) is 79.6 cm³/mol. The van der Waals surface area contributed by atoms with Crippen molar-refractivity contribution in [3.63, 3.8) is 0 Å². The van der Waals surface area contributed by atoms with Crippen molar-refractivity contribution in [2.45, 2.75) is 19.8 Å². The van der Waals surface area contributed by atoms with Crippen molar-refractivity contribution in [1.82, 2.24) is 24.6 Å². The maximum absolute atomic E-state index is 4.35. The number of piperidine rings is 1. The van der Waals surface area contributed by atoms with E-state index >= 15 is 0 Å². The number of likely N-dealkylation sites (tertiary alicyclic amines) is 1. The summed E-state index contributed by atoms with van der Waals surface area (Å²) < 4.78 is 1.78. The number of nitrogens with one attached hydrogen (secondary N) is 1. The first kappa shape index (κ1) is 13.3. The average Bonchev–Trinajstić information content (AvgIpc) is 2.88. The Bertz CT molecular complexity index is 570. The van der Waals surface area contributed by atoms with Gasteiger partial charge in [0, 0.05) is 13.6 Å². The third-order valence-electron chi connectivity index (χ3n) is 4.24. The maximum atomic E-state index is 4.35. The summed E-state index contributed by atoms with van der Waals surface area (Å²) in [7, 11) is 1.90. The van der Waals surface area contributed by atoms with Crippen LogP contribution in [0.3, 0.4) is 0 Å². The van der Waals surface area contributed by atoms with Gasteiger partial charge in [0.05, 0.1) is 11.6 Å². The van der Waals surface area contributed by atoms with E-state index < -0.39 is 0 Å². The van der Waals surface area contributed by atoms with Gasteiger partial charge in [0.25, 0.3) is 0 Å². The highest BCUT2D eigenvalue weighted by Crippen LogP contribution is 2.21. The molecule has 0 bridgehead atoms. The molecule has 0 atom stereocenters. The Labute approximate surface area is 119 Å². The summed E-state index contributed by atoms with van der Waals surface area (Å²) in [5.41, 5.74) is 0.878. The fraction of sp³-hybridized carbons (Fsp3) is 0.643. The van der Waals surface area contributed by atoms with Crippen LogP contribution in [0.2, 0.25) is 0 Å². The molecule has 1 aliphatic rings. The average molecular weight is 274 g/mol. The van der Waals surface area contributed by atoms with Gasteiger partial charge in [-0.1, -0.05) is 6.92 Å². The SMILES string of the molecule is CCN1CCC(CNc2ncnc3c2cnn3C)CC1. The van der Waals surface area contributed by atoms with Crippen molar-refractivity contribution in [3.05, 3.63) is 12.5 Å². The Hall–Kier alpha value is -1.69. The van der Waals surface area contributed by atoms with Crippen LogP contribution in [-0.2, 0) is 7.05 Å². The molecule has 2 aromatic rings. The minimum Gasteiger partial charge on any atom is -0.369 e. The largest absolute Gasteiger partial charge is 0.369 e. The third-order valence-corrected chi connectivity index (χ3v) is 4.24. The van der Waals surface area contributed by atoms with Crippen molar-refractivity contribution in [3.8, 4) is 0 Å². The fourth-order valence-electron chi connectivity index (χ4n) is 2.85. The third kappa shape index (κ3) is 2.60. The van der Waals surface area contributed by atoms with E-state index in [2.05, 4.69) is 32.2 Å². The fourth-order valence-corrected chi connectivity index (χ4v) is 2.85. The Morgan fingerprint density at radius 3 is 2.85 bits per heavy atom. The van der Waals surface area contributed by atoms with Crippen LogP contribution < -0.4 is 5.32 Å². The van der Waals surface area contributed by atoms with Crippen LogP contribution in [-0.4, -0.2) is 50.8 Å². The molecule has 1 fully saturated rings. The van der Waals surface area contributed by atoms with Crippen molar-refractivity contribution in [2.24, 2.45) is 13.0 Å². The molecule has 0 amide bonds. The van der Waals surface area contributed by atoms with Crippen LogP contribution in [0, 0.1) is 5.92 Å². The molecule has 0 saturated carbocycles. The summed E-state index contributed by atoms with van der Waals surface area (Å²) in [5, 5.41) is 8.72. The lowest BCUT2D eigenvalue weighted by Gasteiger charge is -2.31. The standard InChI is InChI=1S/C14H22N6/c1-3-20-6-4-11(5-7-20)8-15-13-12-9-18-19(2)14(12)17-10-16-13/h9-11H,3-8H2,1-2H3,(H,15,16,17). The lowest BCUT2D eigenvalue weighted by molar-refractivity contribution is 0.198. The Morgan fingerprint density at radius 2 is 2.10 bits per heavy atom. The van der Waals surface area contributed by atoms with Crippen LogP contribution >= 0.6 is 0 Å². The normalized spacial score (nSPS) is 17.7. The number of nitrogens with zero attached hydrogens (tertiary/aromatic N) is 5. The van der Waals surface area contributed by atoms with E-state index in [1.807, 2.05) is 13.2 Å². The second-order valence-corrected chi connectivity index (χ2v) is 5.49. The highest BCUT2D eigenvalue weighted by molar-refractivity contribution is 5.85. The zero-order chi connectivity index (χ0) is 13.9. The van der Waals surface area contributed by atoms with Crippen LogP contribution in [0.1, 0.15) is 19.8 Å². The lowest BCUT2D eigenvalue weighted by Crippen LogP contribution is -2.35. The van der Waals surface area contributed by atoms with Crippen LogP contribution in [0.25, 0.3) is 11.0 Å². The summed E-state index contributed by atoms with van der Waals surface area (Å²) in [5.74, 6) is 1.64. The number of fused-ring (bicyclic) bond motifs is 1. The Morgan fingerprint density at radius 1 is 1.30 bits per heavy atom. The zero-order valence-corrected chi connectivity index (χ0v) is 12.2. The molecule has 1 aliphatic heterocycles. The molecule has 6 heteroatoms. The Kier molecular flexibility index (Phi) is 3.82. The van der Waals surface area contributed by atoms with Gasteiger partial charge in [-0.25, -0.2) is 9.97 Å². The van der Waals surface area contributed by atoms with Gasteiger partial charge in [0.1, 0.15) is 12.1 Å². The molecule has 0 radical (unpaired) electrons. The van der Waals surface area contributed by atoms with E-state index in [0.29, 0.717) is 0 Å². The second-order valence-electron chi connectivity index (χ2n) is 5.49. The summed E-state index contributed by atoms with van der Waals surface area (Å²) in [6, 6.07) is 0. The lowest BCUT2D eigenvalue weighted by atomic mass is 9.97. The van der Waals surface area contributed by atoms with Gasteiger partial charge in [-0.2, -0.15) is 5.10 Å². The van der Waals surface area contributed by atoms with Crippen LogP contribution in [0.4, 0.5) is 5.82 Å². The number of hydrogen-bond donors (Lipinski definition) is 1. The number of anilines is 1. The van der Waals surface area contributed by atoms with Gasteiger partial charge in [-0.15, -0.1) is 0 Å². The van der Waals surface area contributed by atoms with Crippen molar-refractivity contribution in [2.75, 3.05) is 31.5 Å². The molecule has 6 nitrogen and oxygen atoms in total. The molecule has 1 saturated heterocycles. The molecule has 3 rings (SSSR count). The van der Waals surface area contributed by atoms with E-state index in [4.69, 9.17) is 0 Å². The quantitative estimate of drug-likeness (QED) is 0.915. The number of rotatable bonds is 4. The van der Waals surface area contributed by atoms with Crippen LogP contribution in [0.5, 0.6) is 0 Å². The molecule has 0 unspecified atom stereocenters. The maximum Gasteiger partial charge on any atom is 0.163 e. The van der Waals surface area contributed by atoms with Gasteiger partial charge in [-0.05, 0) is 38.4 Å². The number of hydrogen-bond acceptors (Lipinski definition) is 5. The minimum absolute atomic E-state index is 0.736. The molecule has 108 valence electrons. The minimum atomic E-state index is 0.736. The molecule has 20 heavy (non-hydrogen) atoms. The summed E-state index contributed by atoms with van der Waals surface area (Å²) >= 11 is 0. The first-order valence-corrected chi connectivity index (χ1v) is 7.37. The molecule has 3 heterocycles. The molecule has 0 aromatic carbocycles. The first-order chi connectivity index (χ1) is 9.78. The molecule has 0 spiro atoms. The highest BCUT2D eigenvalue weighted by Gasteiger charge is 2.18. The smallest absolute Gasteiger partial charge is 0.163 e. The summed E-state index contributed by atoms with van der Waals surface area (Å²) in [6.45, 7) is 6.82. The molecule has 0 aliphatic carbocycles. The zero-order valence-electron chi connectivity index (χ0n) is 12.2. The number of aromatic nitrogens is 4. The van der Waals surface area contributed by atoms with E-state index in [9.17, 15) is 0 Å². The number of aryl methyl sites for hydroxylation is 1. The first-order valence-electron chi connectivity index (χ1n) is 7.37. The monoisotopic (exact) mass is 274 g/mol. The van der Waals surface area contributed by atoms with Crippen LogP contribution in [0.15, 0.2) is 12.5 Å². The van der Waals surface area contributed by atoms with Gasteiger partial charge in [-0.3, -0.25) is 4.68 Å². The topological polar surface area (TPSA) is 58.9 Å². The van der Waals surface area contributed by atoms with E-state index in [-0.39, 0.29) is 0 Å². The van der Waals surface area contributed by atoms with Gasteiger partial charge in [0.2, 0.25) is 0 Å². The Balaban J connectivity index is 1.63. The van der Waals surface area contributed by atoms with Crippen molar-refractivity contribution < 1.29 is 0 Å². The van der Waals surface area contributed by atoms with Gasteiger partial charge < -0.3 is 10.2 Å². The predicted octanol–water partition coefficient (Wildman–Crippen LogP) is 1.51. The molecular formula is C14H22N6. The molecular weight excluding hydrogens is 252 g/mol. The van der Waals surface area contributed by atoms with Crippen molar-refractivity contribution >= 4 is 16.9 Å². The van der Waals surface area contributed by atoms with E-state index in [1.54, 1.807) is 11.0 Å². The summed E-state index contributed by atoms with van der Waals surface area (Å²) in [6.07, 6.45) is 5.97. The van der Waals surface area contributed by atoms with E-state index in [1.165, 1.54) is 32.5 Å². The van der Waals surface area contributed by atoms with Gasteiger partial charge in [0.15, 0.2) is 5.65 Å². The highest BCUT2D eigenvalue weighted by atomic mass is 15.3.